The Morgan fingerprint density at radius 1 is 0.885 bits per heavy atom. The third kappa shape index (κ3) is 3.83. The van der Waals surface area contributed by atoms with Crippen molar-refractivity contribution in [3.63, 3.8) is 0 Å². The second-order valence-corrected chi connectivity index (χ2v) is 7.76. The highest BCUT2D eigenvalue weighted by molar-refractivity contribution is 5.62. The van der Waals surface area contributed by atoms with Gasteiger partial charge in [0.2, 0.25) is 0 Å². The summed E-state index contributed by atoms with van der Waals surface area (Å²) >= 11 is 0. The summed E-state index contributed by atoms with van der Waals surface area (Å²) in [7, 11) is 2.19. The lowest BCUT2D eigenvalue weighted by atomic mass is 10.0. The number of nitrogens with zero attached hydrogens (tertiary/aromatic N) is 5. The molecule has 5 heteroatoms. The second kappa shape index (κ2) is 7.62. The molecule has 0 spiro atoms. The molecule has 0 amide bonds. The van der Waals surface area contributed by atoms with Gasteiger partial charge in [-0.3, -0.25) is 0 Å². The smallest absolute Gasteiger partial charge is 0.163 e. The first-order valence-electron chi connectivity index (χ1n) is 9.82. The van der Waals surface area contributed by atoms with Crippen LogP contribution in [0.2, 0.25) is 0 Å². The molecule has 0 aliphatic carbocycles. The second-order valence-electron chi connectivity index (χ2n) is 7.76. The number of piperazine rings is 1. The van der Waals surface area contributed by atoms with E-state index in [0.717, 1.165) is 68.2 Å². The maximum Gasteiger partial charge on any atom is 0.163 e. The quantitative estimate of drug-likeness (QED) is 0.849. The van der Waals surface area contributed by atoms with E-state index in [1.165, 1.54) is 12.8 Å². The molecule has 2 aliphatic heterocycles. The van der Waals surface area contributed by atoms with Crippen molar-refractivity contribution in [2.75, 3.05) is 56.1 Å². The van der Waals surface area contributed by atoms with Crippen LogP contribution in [0.25, 0.3) is 11.4 Å². The Labute approximate surface area is 156 Å². The minimum Gasteiger partial charge on any atom is -0.356 e. The van der Waals surface area contributed by atoms with Gasteiger partial charge in [-0.1, -0.05) is 37.3 Å². The molecule has 0 N–H and O–H groups in total. The fourth-order valence-corrected chi connectivity index (χ4v) is 3.90. The van der Waals surface area contributed by atoms with E-state index in [9.17, 15) is 0 Å². The molecular formula is C21H29N5. The summed E-state index contributed by atoms with van der Waals surface area (Å²) < 4.78 is 0. The van der Waals surface area contributed by atoms with E-state index < -0.39 is 0 Å². The third-order valence-electron chi connectivity index (χ3n) is 5.54. The van der Waals surface area contributed by atoms with E-state index in [4.69, 9.17) is 9.97 Å². The van der Waals surface area contributed by atoms with Gasteiger partial charge >= 0.3 is 0 Å². The van der Waals surface area contributed by atoms with Gasteiger partial charge in [0, 0.05) is 50.9 Å². The number of benzene rings is 1. The fraction of sp³-hybridized carbons (Fsp3) is 0.524. The van der Waals surface area contributed by atoms with Crippen LogP contribution in [0.1, 0.15) is 19.8 Å². The Kier molecular flexibility index (Phi) is 5.07. The molecule has 3 heterocycles. The summed E-state index contributed by atoms with van der Waals surface area (Å²) in [6.07, 6.45) is 2.56. The van der Waals surface area contributed by atoms with Gasteiger partial charge in [0.15, 0.2) is 5.82 Å². The molecule has 4 rings (SSSR count). The van der Waals surface area contributed by atoms with Crippen molar-refractivity contribution >= 4 is 11.6 Å². The molecule has 2 saturated heterocycles. The van der Waals surface area contributed by atoms with Crippen molar-refractivity contribution in [2.45, 2.75) is 19.8 Å². The Bertz CT molecular complexity index is 724. The van der Waals surface area contributed by atoms with Crippen molar-refractivity contribution in [3.05, 3.63) is 36.4 Å². The summed E-state index contributed by atoms with van der Waals surface area (Å²) in [6, 6.07) is 12.6. The Hall–Kier alpha value is -2.14. The summed E-state index contributed by atoms with van der Waals surface area (Å²) in [5, 5.41) is 0. The van der Waals surface area contributed by atoms with Crippen LogP contribution in [0.5, 0.6) is 0 Å². The van der Waals surface area contributed by atoms with Crippen LogP contribution in [0, 0.1) is 5.92 Å². The van der Waals surface area contributed by atoms with Crippen LogP contribution in [-0.4, -0.2) is 61.2 Å². The van der Waals surface area contributed by atoms with E-state index in [1.54, 1.807) is 0 Å². The molecule has 2 aromatic rings. The predicted molar refractivity (Wildman–Crippen MR) is 108 cm³/mol. The van der Waals surface area contributed by atoms with Gasteiger partial charge in [-0.15, -0.1) is 0 Å². The molecule has 1 unspecified atom stereocenters. The molecule has 0 bridgehead atoms. The summed E-state index contributed by atoms with van der Waals surface area (Å²) in [5.74, 6) is 3.72. The van der Waals surface area contributed by atoms with Gasteiger partial charge in [-0.2, -0.15) is 0 Å². The number of hydrogen-bond donors (Lipinski definition) is 0. The number of piperidine rings is 1. The number of aromatic nitrogens is 2. The Morgan fingerprint density at radius 3 is 2.27 bits per heavy atom. The summed E-state index contributed by atoms with van der Waals surface area (Å²) in [4.78, 5) is 17.1. The molecule has 138 valence electrons. The van der Waals surface area contributed by atoms with Gasteiger partial charge in [0.1, 0.15) is 11.6 Å². The maximum absolute atomic E-state index is 4.95. The summed E-state index contributed by atoms with van der Waals surface area (Å²) in [5.41, 5.74) is 1.09. The van der Waals surface area contributed by atoms with Crippen molar-refractivity contribution in [1.29, 1.82) is 0 Å². The van der Waals surface area contributed by atoms with E-state index in [0.29, 0.717) is 0 Å². The Morgan fingerprint density at radius 2 is 1.58 bits per heavy atom. The highest BCUT2D eigenvalue weighted by atomic mass is 15.3. The standard InChI is InChI=1S/C21H29N5/c1-17-7-6-10-26(16-17)20-15-19(25-13-11-24(2)12-14-25)22-21(23-20)18-8-4-3-5-9-18/h3-5,8-9,15,17H,6-7,10-14,16H2,1-2H3. The number of rotatable bonds is 3. The fourth-order valence-electron chi connectivity index (χ4n) is 3.90. The summed E-state index contributed by atoms with van der Waals surface area (Å²) in [6.45, 7) is 8.74. The van der Waals surface area contributed by atoms with Gasteiger partial charge in [0.25, 0.3) is 0 Å². The van der Waals surface area contributed by atoms with Crippen LogP contribution in [0.3, 0.4) is 0 Å². The lowest BCUT2D eigenvalue weighted by molar-refractivity contribution is 0.312. The molecular weight excluding hydrogens is 322 g/mol. The third-order valence-corrected chi connectivity index (χ3v) is 5.54. The van der Waals surface area contributed by atoms with Crippen molar-refractivity contribution < 1.29 is 0 Å². The average Bonchev–Trinajstić information content (AvgIpc) is 2.69. The molecule has 1 atom stereocenters. The highest BCUT2D eigenvalue weighted by Gasteiger charge is 2.22. The lowest BCUT2D eigenvalue weighted by Gasteiger charge is -2.35. The zero-order valence-corrected chi connectivity index (χ0v) is 15.9. The first kappa shape index (κ1) is 17.3. The van der Waals surface area contributed by atoms with Crippen molar-refractivity contribution in [3.8, 4) is 11.4 Å². The molecule has 26 heavy (non-hydrogen) atoms. The molecule has 2 aliphatic rings. The van der Waals surface area contributed by atoms with Gasteiger partial charge in [-0.05, 0) is 25.8 Å². The van der Waals surface area contributed by atoms with Crippen molar-refractivity contribution in [1.82, 2.24) is 14.9 Å². The van der Waals surface area contributed by atoms with E-state index in [1.807, 2.05) is 6.07 Å². The van der Waals surface area contributed by atoms with E-state index >= 15 is 0 Å². The van der Waals surface area contributed by atoms with Crippen LogP contribution in [0.4, 0.5) is 11.6 Å². The van der Waals surface area contributed by atoms with E-state index in [2.05, 4.69) is 59.0 Å². The molecule has 1 aromatic carbocycles. The number of anilines is 2. The lowest BCUT2D eigenvalue weighted by Crippen LogP contribution is -2.45. The Balaban J connectivity index is 1.69. The monoisotopic (exact) mass is 351 g/mol. The molecule has 0 saturated carbocycles. The van der Waals surface area contributed by atoms with Crippen LogP contribution in [-0.2, 0) is 0 Å². The first-order valence-corrected chi connectivity index (χ1v) is 9.82. The SMILES string of the molecule is CC1CCCN(c2cc(N3CCN(C)CC3)nc(-c3ccccc3)n2)C1. The minimum absolute atomic E-state index is 0.728. The normalized spacial score (nSPS) is 21.8. The van der Waals surface area contributed by atoms with E-state index in [-0.39, 0.29) is 0 Å². The largest absolute Gasteiger partial charge is 0.356 e. The number of hydrogen-bond acceptors (Lipinski definition) is 5. The maximum atomic E-state index is 4.95. The van der Waals surface area contributed by atoms with Crippen LogP contribution < -0.4 is 9.80 Å². The highest BCUT2D eigenvalue weighted by Crippen LogP contribution is 2.28. The average molecular weight is 351 g/mol. The van der Waals surface area contributed by atoms with Gasteiger partial charge in [-0.25, -0.2) is 9.97 Å². The zero-order valence-electron chi connectivity index (χ0n) is 15.9. The molecule has 0 radical (unpaired) electrons. The van der Waals surface area contributed by atoms with Gasteiger partial charge < -0.3 is 14.7 Å². The van der Waals surface area contributed by atoms with Crippen LogP contribution in [0.15, 0.2) is 36.4 Å². The minimum atomic E-state index is 0.728. The van der Waals surface area contributed by atoms with Crippen LogP contribution >= 0.6 is 0 Å². The molecule has 2 fully saturated rings. The zero-order chi connectivity index (χ0) is 17.9. The van der Waals surface area contributed by atoms with Gasteiger partial charge in [0.05, 0.1) is 0 Å². The molecule has 5 nitrogen and oxygen atoms in total. The predicted octanol–water partition coefficient (Wildman–Crippen LogP) is 3.13. The number of likely N-dealkylation sites (N-methyl/N-ethyl adjacent to an activating group) is 1. The first-order chi connectivity index (χ1) is 12.7. The topological polar surface area (TPSA) is 35.5 Å². The molecule has 1 aromatic heterocycles. The van der Waals surface area contributed by atoms with Crippen molar-refractivity contribution in [2.24, 2.45) is 5.92 Å².